The summed E-state index contributed by atoms with van der Waals surface area (Å²) >= 11 is 1.29. The number of para-hydroxylation sites is 1. The number of nitrogens with zero attached hydrogens (tertiary/aromatic N) is 4. The Morgan fingerprint density at radius 2 is 1.68 bits per heavy atom. The molecule has 2 aromatic carbocycles. The van der Waals surface area contributed by atoms with Crippen LogP contribution in [0.15, 0.2) is 58.5 Å². The van der Waals surface area contributed by atoms with E-state index in [1.807, 2.05) is 23.1 Å². The number of hydrogen-bond acceptors (Lipinski definition) is 5. The van der Waals surface area contributed by atoms with E-state index in [1.165, 1.54) is 35.6 Å². The summed E-state index contributed by atoms with van der Waals surface area (Å²) < 4.78 is 1.54. The van der Waals surface area contributed by atoms with Gasteiger partial charge in [-0.3, -0.25) is 14.2 Å². The number of rotatable bonds is 4. The predicted molar refractivity (Wildman–Crippen MR) is 122 cm³/mol. The van der Waals surface area contributed by atoms with Crippen LogP contribution < -0.4 is 5.56 Å². The zero-order valence-corrected chi connectivity index (χ0v) is 18.1. The number of likely N-dealkylation sites (tertiary alicyclic amines) is 1. The van der Waals surface area contributed by atoms with E-state index in [-0.39, 0.29) is 17.2 Å². The van der Waals surface area contributed by atoms with Gasteiger partial charge in [0.05, 0.1) is 34.0 Å². The van der Waals surface area contributed by atoms with E-state index in [9.17, 15) is 9.59 Å². The van der Waals surface area contributed by atoms with E-state index in [4.69, 9.17) is 10.2 Å². The van der Waals surface area contributed by atoms with Gasteiger partial charge in [0, 0.05) is 13.1 Å². The normalized spacial score (nSPS) is 14.6. The molecule has 0 saturated carbocycles. The van der Waals surface area contributed by atoms with Gasteiger partial charge < -0.3 is 4.90 Å². The fourth-order valence-corrected chi connectivity index (χ4v) is 4.75. The molecule has 2 heterocycles. The number of hydrogen-bond donors (Lipinski definition) is 0. The third kappa shape index (κ3) is 4.80. The second kappa shape index (κ2) is 9.80. The Balaban J connectivity index is 1.66. The lowest BCUT2D eigenvalue weighted by molar-refractivity contribution is -0.128. The van der Waals surface area contributed by atoms with Crippen molar-refractivity contribution in [1.82, 2.24) is 14.5 Å². The van der Waals surface area contributed by atoms with E-state index in [0.717, 1.165) is 25.9 Å². The van der Waals surface area contributed by atoms with Crippen LogP contribution in [0.3, 0.4) is 0 Å². The maximum atomic E-state index is 13.3. The Labute approximate surface area is 185 Å². The van der Waals surface area contributed by atoms with Crippen molar-refractivity contribution in [2.24, 2.45) is 0 Å². The van der Waals surface area contributed by atoms with E-state index in [1.54, 1.807) is 30.3 Å². The average Bonchev–Trinajstić information content (AvgIpc) is 2.77. The van der Waals surface area contributed by atoms with Gasteiger partial charge in [-0.1, -0.05) is 43.2 Å². The van der Waals surface area contributed by atoms with Crippen molar-refractivity contribution in [3.8, 4) is 11.8 Å². The summed E-state index contributed by atoms with van der Waals surface area (Å²) in [5, 5.41) is 10.1. The third-order valence-corrected chi connectivity index (χ3v) is 6.46. The molecule has 31 heavy (non-hydrogen) atoms. The van der Waals surface area contributed by atoms with Gasteiger partial charge in [0.15, 0.2) is 5.16 Å². The zero-order valence-electron chi connectivity index (χ0n) is 17.3. The van der Waals surface area contributed by atoms with Crippen LogP contribution in [0, 0.1) is 11.3 Å². The van der Waals surface area contributed by atoms with E-state index in [0.29, 0.717) is 27.3 Å². The number of carbonyl (C=O) groups is 1. The number of thioether (sulfide) groups is 1. The molecule has 1 aromatic heterocycles. The number of benzene rings is 2. The Kier molecular flexibility index (Phi) is 6.68. The standard InChI is InChI=1S/C24H24N4O2S/c25-16-18-10-12-19(13-11-18)28-23(30)20-8-4-5-9-21(20)26-24(28)31-17-22(29)27-14-6-2-1-3-7-15-27/h4-5,8-13H,1-3,6-7,14-15,17H2. The first kappa shape index (κ1) is 21.1. The first-order chi connectivity index (χ1) is 15.2. The minimum Gasteiger partial charge on any atom is -0.342 e. The summed E-state index contributed by atoms with van der Waals surface area (Å²) in [6.07, 6.45) is 5.67. The van der Waals surface area contributed by atoms with Crippen molar-refractivity contribution in [3.05, 3.63) is 64.4 Å². The molecule has 158 valence electrons. The molecule has 0 atom stereocenters. The van der Waals surface area contributed by atoms with Crippen molar-refractivity contribution >= 4 is 28.6 Å². The first-order valence-electron chi connectivity index (χ1n) is 10.6. The highest BCUT2D eigenvalue weighted by molar-refractivity contribution is 7.99. The van der Waals surface area contributed by atoms with Gasteiger partial charge in [0.25, 0.3) is 5.56 Å². The van der Waals surface area contributed by atoms with Crippen molar-refractivity contribution in [1.29, 1.82) is 5.26 Å². The van der Waals surface area contributed by atoms with Crippen LogP contribution in [-0.4, -0.2) is 39.2 Å². The van der Waals surface area contributed by atoms with E-state index < -0.39 is 0 Å². The van der Waals surface area contributed by atoms with Gasteiger partial charge in [-0.25, -0.2) is 4.98 Å². The molecule has 0 spiro atoms. The lowest BCUT2D eigenvalue weighted by Crippen LogP contribution is -2.35. The van der Waals surface area contributed by atoms with Crippen LogP contribution in [0.5, 0.6) is 0 Å². The molecule has 0 radical (unpaired) electrons. The molecule has 0 aliphatic carbocycles. The molecule has 1 saturated heterocycles. The van der Waals surface area contributed by atoms with Crippen molar-refractivity contribution < 1.29 is 4.79 Å². The number of aromatic nitrogens is 2. The quantitative estimate of drug-likeness (QED) is 0.457. The predicted octanol–water partition coefficient (Wildman–Crippen LogP) is 4.14. The molecule has 0 bridgehead atoms. The van der Waals surface area contributed by atoms with E-state index >= 15 is 0 Å². The van der Waals surface area contributed by atoms with Crippen LogP contribution in [-0.2, 0) is 4.79 Å². The number of fused-ring (bicyclic) bond motifs is 1. The van der Waals surface area contributed by atoms with Gasteiger partial charge in [-0.15, -0.1) is 0 Å². The van der Waals surface area contributed by atoms with Crippen molar-refractivity contribution in [3.63, 3.8) is 0 Å². The minimum absolute atomic E-state index is 0.0840. The van der Waals surface area contributed by atoms with Crippen LogP contribution in [0.1, 0.15) is 37.7 Å². The average molecular weight is 433 g/mol. The summed E-state index contributed by atoms with van der Waals surface area (Å²) in [7, 11) is 0. The molecule has 7 heteroatoms. The molecule has 0 N–H and O–H groups in total. The minimum atomic E-state index is -0.184. The maximum Gasteiger partial charge on any atom is 0.266 e. The van der Waals surface area contributed by atoms with Gasteiger partial charge in [0.2, 0.25) is 5.91 Å². The molecule has 0 unspecified atom stereocenters. The van der Waals surface area contributed by atoms with Gasteiger partial charge in [-0.05, 0) is 49.2 Å². The monoisotopic (exact) mass is 432 g/mol. The highest BCUT2D eigenvalue weighted by Crippen LogP contribution is 2.22. The zero-order chi connectivity index (χ0) is 21.6. The SMILES string of the molecule is N#Cc1ccc(-n2c(SCC(=O)N3CCCCCCC3)nc3ccccc3c2=O)cc1. The Bertz CT molecular complexity index is 1170. The maximum absolute atomic E-state index is 13.3. The molecule has 1 aliphatic heterocycles. The summed E-state index contributed by atoms with van der Waals surface area (Å²) in [6, 6.07) is 16.1. The fraction of sp³-hybridized carbons (Fsp3) is 0.333. The Morgan fingerprint density at radius 3 is 2.39 bits per heavy atom. The van der Waals surface area contributed by atoms with Crippen molar-refractivity contribution in [2.75, 3.05) is 18.8 Å². The molecule has 1 aliphatic rings. The summed E-state index contributed by atoms with van der Waals surface area (Å²) in [5.74, 6) is 0.321. The van der Waals surface area contributed by atoms with Gasteiger partial charge in [-0.2, -0.15) is 5.26 Å². The summed E-state index contributed by atoms with van der Waals surface area (Å²) in [6.45, 7) is 1.60. The van der Waals surface area contributed by atoms with Crippen LogP contribution in [0.2, 0.25) is 0 Å². The molecule has 1 amide bonds. The number of carbonyl (C=O) groups excluding carboxylic acids is 1. The summed E-state index contributed by atoms with van der Waals surface area (Å²) in [4.78, 5) is 32.8. The van der Waals surface area contributed by atoms with Crippen molar-refractivity contribution in [2.45, 2.75) is 37.3 Å². The third-order valence-electron chi connectivity index (χ3n) is 5.53. The highest BCUT2D eigenvalue weighted by Gasteiger charge is 2.18. The Hall–Kier alpha value is -3.11. The van der Waals surface area contributed by atoms with Crippen LogP contribution >= 0.6 is 11.8 Å². The molecule has 4 rings (SSSR count). The fourth-order valence-electron chi connectivity index (χ4n) is 3.84. The van der Waals surface area contributed by atoms with E-state index in [2.05, 4.69) is 6.07 Å². The molecule has 3 aromatic rings. The first-order valence-corrected chi connectivity index (χ1v) is 11.6. The second-order valence-corrected chi connectivity index (χ2v) is 8.59. The lowest BCUT2D eigenvalue weighted by atomic mass is 10.1. The number of nitriles is 1. The smallest absolute Gasteiger partial charge is 0.266 e. The molecule has 6 nitrogen and oxygen atoms in total. The largest absolute Gasteiger partial charge is 0.342 e. The Morgan fingerprint density at radius 1 is 1.00 bits per heavy atom. The van der Waals surface area contributed by atoms with Crippen LogP contribution in [0.4, 0.5) is 0 Å². The molecular formula is C24H24N4O2S. The highest BCUT2D eigenvalue weighted by atomic mass is 32.2. The second-order valence-electron chi connectivity index (χ2n) is 7.65. The van der Waals surface area contributed by atoms with Gasteiger partial charge >= 0.3 is 0 Å². The number of amides is 1. The van der Waals surface area contributed by atoms with Gasteiger partial charge in [0.1, 0.15) is 0 Å². The molecule has 1 fully saturated rings. The summed E-state index contributed by atoms with van der Waals surface area (Å²) in [5.41, 5.74) is 1.57. The topological polar surface area (TPSA) is 79.0 Å². The van der Waals surface area contributed by atoms with Crippen LogP contribution in [0.25, 0.3) is 16.6 Å². The molecular weight excluding hydrogens is 408 g/mol. The lowest BCUT2D eigenvalue weighted by Gasteiger charge is -2.24.